The molecule has 0 aromatic carbocycles. The lowest BCUT2D eigenvalue weighted by atomic mass is 10.0. The van der Waals surface area contributed by atoms with Gasteiger partial charge in [-0.25, -0.2) is 14.8 Å². The molecule has 1 aliphatic heterocycles. The number of rotatable bonds is 3. The van der Waals surface area contributed by atoms with E-state index in [2.05, 4.69) is 26.9 Å². The van der Waals surface area contributed by atoms with Gasteiger partial charge < -0.3 is 14.8 Å². The molecule has 0 amide bonds. The minimum Gasteiger partial charge on any atom is -0.463 e. The molecule has 2 rings (SSSR count). The molecule has 0 saturated carbocycles. The van der Waals surface area contributed by atoms with Crippen LogP contribution in [0.4, 0.5) is 5.82 Å². The predicted octanol–water partition coefficient (Wildman–Crippen LogP) is 1.16. The molecule has 1 aromatic heterocycles. The van der Waals surface area contributed by atoms with Gasteiger partial charge in [0.15, 0.2) is 0 Å². The second-order valence-electron chi connectivity index (χ2n) is 4.70. The number of hydrogen-bond acceptors (Lipinski definition) is 6. The number of methoxy groups -OCH3 is 1. The molecule has 1 fully saturated rings. The molecule has 1 N–H and O–H groups in total. The quantitative estimate of drug-likeness (QED) is 0.813. The molecule has 0 aliphatic carbocycles. The average Bonchev–Trinajstić information content (AvgIpc) is 2.73. The molecule has 0 spiro atoms. The summed E-state index contributed by atoms with van der Waals surface area (Å²) in [5.41, 5.74) is 0.573. The van der Waals surface area contributed by atoms with E-state index in [1.165, 1.54) is 7.11 Å². The maximum absolute atomic E-state index is 11.4. The number of esters is 1. The number of anilines is 1. The van der Waals surface area contributed by atoms with Gasteiger partial charge >= 0.3 is 5.97 Å². The fourth-order valence-corrected chi connectivity index (χ4v) is 1.89. The first kappa shape index (κ1) is 12.8. The van der Waals surface area contributed by atoms with Gasteiger partial charge in [-0.3, -0.25) is 0 Å². The molecule has 98 valence electrons. The molecule has 1 aromatic rings. The number of nitrogens with zero attached hydrogens (tertiary/aromatic N) is 2. The first-order valence-corrected chi connectivity index (χ1v) is 5.82. The van der Waals surface area contributed by atoms with Gasteiger partial charge in [0.25, 0.3) is 0 Å². The molecule has 2 heterocycles. The zero-order chi connectivity index (χ0) is 13.2. The Kier molecular flexibility index (Phi) is 3.47. The van der Waals surface area contributed by atoms with Crippen LogP contribution in [0.3, 0.4) is 0 Å². The van der Waals surface area contributed by atoms with E-state index < -0.39 is 5.97 Å². The van der Waals surface area contributed by atoms with Gasteiger partial charge in [0.1, 0.15) is 5.82 Å². The molecule has 6 nitrogen and oxygen atoms in total. The second-order valence-corrected chi connectivity index (χ2v) is 4.70. The average molecular weight is 251 g/mol. The lowest BCUT2D eigenvalue weighted by Gasteiger charge is -2.24. The summed E-state index contributed by atoms with van der Waals surface area (Å²) in [4.78, 5) is 19.6. The topological polar surface area (TPSA) is 73.3 Å². The van der Waals surface area contributed by atoms with Crippen LogP contribution in [0.15, 0.2) is 6.07 Å². The summed E-state index contributed by atoms with van der Waals surface area (Å²) in [5, 5.41) is 3.29. The molecule has 6 heteroatoms. The first-order valence-electron chi connectivity index (χ1n) is 5.82. The molecule has 1 atom stereocenters. The van der Waals surface area contributed by atoms with Crippen LogP contribution >= 0.6 is 0 Å². The van der Waals surface area contributed by atoms with Gasteiger partial charge in [-0.05, 0) is 20.3 Å². The Morgan fingerprint density at radius 1 is 1.56 bits per heavy atom. The smallest absolute Gasteiger partial charge is 0.376 e. The maximum atomic E-state index is 11.4. The second kappa shape index (κ2) is 4.89. The Bertz CT molecular complexity index is 456. The van der Waals surface area contributed by atoms with Gasteiger partial charge in [-0.15, -0.1) is 0 Å². The molecule has 1 aliphatic rings. The predicted molar refractivity (Wildman–Crippen MR) is 65.6 cm³/mol. The van der Waals surface area contributed by atoms with Crippen LogP contribution in [0, 0.1) is 6.92 Å². The Labute approximate surface area is 106 Å². The van der Waals surface area contributed by atoms with Gasteiger partial charge in [0, 0.05) is 18.4 Å². The summed E-state index contributed by atoms with van der Waals surface area (Å²) in [5.74, 6) is 0.160. The van der Waals surface area contributed by atoms with Crippen molar-refractivity contribution in [3.05, 3.63) is 17.6 Å². The molecule has 0 bridgehead atoms. The van der Waals surface area contributed by atoms with Crippen molar-refractivity contribution in [3.8, 4) is 0 Å². The van der Waals surface area contributed by atoms with E-state index in [0.29, 0.717) is 12.4 Å². The highest BCUT2D eigenvalue weighted by Gasteiger charge is 2.30. The minimum atomic E-state index is -0.533. The molecular weight excluding hydrogens is 234 g/mol. The van der Waals surface area contributed by atoms with E-state index in [-0.39, 0.29) is 11.4 Å². The summed E-state index contributed by atoms with van der Waals surface area (Å²) in [7, 11) is 1.31. The summed E-state index contributed by atoms with van der Waals surface area (Å²) in [6.45, 7) is 5.24. The van der Waals surface area contributed by atoms with Crippen LogP contribution in [-0.2, 0) is 9.47 Å². The summed E-state index contributed by atoms with van der Waals surface area (Å²) < 4.78 is 9.99. The number of carbonyl (C=O) groups excluding carboxylic acids is 1. The van der Waals surface area contributed by atoms with E-state index in [1.54, 1.807) is 6.07 Å². The summed E-state index contributed by atoms with van der Waals surface area (Å²) in [6.07, 6.45) is 0.906. The van der Waals surface area contributed by atoms with Gasteiger partial charge in [-0.1, -0.05) is 0 Å². The summed E-state index contributed by atoms with van der Waals surface area (Å²) >= 11 is 0. The van der Waals surface area contributed by atoms with Gasteiger partial charge in [-0.2, -0.15) is 0 Å². The van der Waals surface area contributed by atoms with E-state index in [0.717, 1.165) is 18.7 Å². The van der Waals surface area contributed by atoms with Gasteiger partial charge in [0.2, 0.25) is 5.82 Å². The zero-order valence-electron chi connectivity index (χ0n) is 10.8. The van der Waals surface area contributed by atoms with Crippen LogP contribution < -0.4 is 5.32 Å². The Hall–Kier alpha value is -1.69. The highest BCUT2D eigenvalue weighted by Crippen LogP contribution is 2.23. The van der Waals surface area contributed by atoms with Gasteiger partial charge in [0.05, 0.1) is 19.3 Å². The lowest BCUT2D eigenvalue weighted by Crippen LogP contribution is -2.35. The normalized spacial score (nSPS) is 22.8. The van der Waals surface area contributed by atoms with E-state index in [4.69, 9.17) is 4.74 Å². The fourth-order valence-electron chi connectivity index (χ4n) is 1.89. The third-order valence-corrected chi connectivity index (χ3v) is 2.87. The third-order valence-electron chi connectivity index (χ3n) is 2.87. The number of aromatic nitrogens is 2. The monoisotopic (exact) mass is 251 g/mol. The number of ether oxygens (including phenoxy) is 2. The highest BCUT2D eigenvalue weighted by atomic mass is 16.5. The minimum absolute atomic E-state index is 0.0718. The lowest BCUT2D eigenvalue weighted by molar-refractivity contribution is 0.0586. The standard InChI is InChI=1S/C12H17N3O3/c1-8-6-9(14-10(13-8)11(16)17-3)15-12(2)4-5-18-7-12/h6H,4-5,7H2,1-3H3,(H,13,14,15). The van der Waals surface area contributed by atoms with Crippen LogP contribution in [0.1, 0.15) is 29.7 Å². The molecule has 1 unspecified atom stereocenters. The van der Waals surface area contributed by atoms with Crippen LogP contribution in [-0.4, -0.2) is 41.8 Å². The number of hydrogen-bond donors (Lipinski definition) is 1. The van der Waals surface area contributed by atoms with Crippen LogP contribution in [0.2, 0.25) is 0 Å². The molecule has 18 heavy (non-hydrogen) atoms. The number of aryl methyl sites for hydroxylation is 1. The Balaban J connectivity index is 2.22. The molecular formula is C12H17N3O3. The van der Waals surface area contributed by atoms with Crippen molar-refractivity contribution in [2.24, 2.45) is 0 Å². The number of nitrogens with one attached hydrogen (secondary N) is 1. The fraction of sp³-hybridized carbons (Fsp3) is 0.583. The van der Waals surface area contributed by atoms with E-state index in [1.807, 2.05) is 6.92 Å². The summed E-state index contributed by atoms with van der Waals surface area (Å²) in [6, 6.07) is 1.80. The van der Waals surface area contributed by atoms with Crippen LogP contribution in [0.5, 0.6) is 0 Å². The third kappa shape index (κ3) is 2.76. The van der Waals surface area contributed by atoms with E-state index >= 15 is 0 Å². The van der Waals surface area contributed by atoms with Crippen molar-refractivity contribution < 1.29 is 14.3 Å². The molecule has 1 saturated heterocycles. The van der Waals surface area contributed by atoms with Crippen molar-refractivity contribution in [3.63, 3.8) is 0 Å². The van der Waals surface area contributed by atoms with Crippen molar-refractivity contribution in [2.45, 2.75) is 25.8 Å². The SMILES string of the molecule is COC(=O)c1nc(C)cc(NC2(C)CCOC2)n1. The highest BCUT2D eigenvalue weighted by molar-refractivity contribution is 5.85. The Morgan fingerprint density at radius 3 is 2.94 bits per heavy atom. The van der Waals surface area contributed by atoms with Crippen LogP contribution in [0.25, 0.3) is 0 Å². The number of carbonyl (C=O) groups is 1. The molecule has 0 radical (unpaired) electrons. The maximum Gasteiger partial charge on any atom is 0.376 e. The van der Waals surface area contributed by atoms with Crippen molar-refractivity contribution >= 4 is 11.8 Å². The van der Waals surface area contributed by atoms with Crippen molar-refractivity contribution in [2.75, 3.05) is 25.6 Å². The Morgan fingerprint density at radius 2 is 2.33 bits per heavy atom. The van der Waals surface area contributed by atoms with Crippen molar-refractivity contribution in [1.29, 1.82) is 0 Å². The van der Waals surface area contributed by atoms with E-state index in [9.17, 15) is 4.79 Å². The largest absolute Gasteiger partial charge is 0.463 e. The first-order chi connectivity index (χ1) is 8.52. The zero-order valence-corrected chi connectivity index (χ0v) is 10.8. The van der Waals surface area contributed by atoms with Crippen molar-refractivity contribution in [1.82, 2.24) is 9.97 Å².